The molecular weight excluding hydrogens is 248 g/mol. The third-order valence-electron chi connectivity index (χ3n) is 2.53. The van der Waals surface area contributed by atoms with Crippen LogP contribution in [0.4, 0.5) is 11.4 Å². The molecule has 96 valence electrons. The zero-order chi connectivity index (χ0) is 12.3. The summed E-state index contributed by atoms with van der Waals surface area (Å²) in [5, 5.41) is 0. The second-order valence-electron chi connectivity index (χ2n) is 3.81. The average Bonchev–Trinajstić information content (AvgIpc) is 2.31. The second-order valence-corrected chi connectivity index (χ2v) is 3.81. The maximum Gasteiger partial charge on any atom is 0.129 e. The number of hydrogen-bond donors (Lipinski definition) is 2. The Morgan fingerprint density at radius 1 is 0.944 bits per heavy atom. The van der Waals surface area contributed by atoms with Crippen LogP contribution in [0.5, 0.6) is 5.75 Å². The average molecular weight is 265 g/mol. The Bertz CT molecular complexity index is 512. The molecule has 0 radical (unpaired) electrons. The Morgan fingerprint density at radius 2 is 1.56 bits per heavy atom. The molecule has 0 amide bonds. The first kappa shape index (κ1) is 14.2. The lowest BCUT2D eigenvalue weighted by Gasteiger charge is -2.11. The van der Waals surface area contributed by atoms with E-state index >= 15 is 0 Å². The van der Waals surface area contributed by atoms with Gasteiger partial charge in [-0.15, -0.1) is 12.4 Å². The van der Waals surface area contributed by atoms with Gasteiger partial charge in [0.25, 0.3) is 0 Å². The van der Waals surface area contributed by atoms with Crippen molar-refractivity contribution in [2.75, 3.05) is 18.1 Å². The van der Waals surface area contributed by atoms with Crippen molar-refractivity contribution in [1.29, 1.82) is 0 Å². The minimum atomic E-state index is 0. The van der Waals surface area contributed by atoms with Gasteiger partial charge in [-0.1, -0.05) is 12.1 Å². The predicted octanol–water partition coefficient (Wildman–Crippen LogP) is 3.34. The van der Waals surface area contributed by atoms with Crippen LogP contribution in [0.2, 0.25) is 0 Å². The SMILES string of the molecule is CCOc1cc(N)ccc1-c1ccc(N)cc1.Cl. The normalized spacial score (nSPS) is 9.61. The van der Waals surface area contributed by atoms with Crippen molar-refractivity contribution in [2.45, 2.75) is 6.92 Å². The first-order chi connectivity index (χ1) is 8.20. The molecule has 4 N–H and O–H groups in total. The summed E-state index contributed by atoms with van der Waals surface area (Å²) in [5.74, 6) is 0.803. The fourth-order valence-electron chi connectivity index (χ4n) is 1.72. The number of hydrogen-bond acceptors (Lipinski definition) is 3. The van der Waals surface area contributed by atoms with E-state index in [1.807, 2.05) is 49.4 Å². The van der Waals surface area contributed by atoms with Crippen LogP contribution in [0.3, 0.4) is 0 Å². The van der Waals surface area contributed by atoms with Crippen LogP contribution in [-0.2, 0) is 0 Å². The molecule has 0 aliphatic heterocycles. The molecule has 2 rings (SSSR count). The van der Waals surface area contributed by atoms with Crippen molar-refractivity contribution in [3.05, 3.63) is 42.5 Å². The molecule has 0 saturated heterocycles. The van der Waals surface area contributed by atoms with E-state index in [2.05, 4.69) is 0 Å². The molecule has 2 aromatic carbocycles. The first-order valence-corrected chi connectivity index (χ1v) is 5.59. The van der Waals surface area contributed by atoms with E-state index in [1.54, 1.807) is 0 Å². The van der Waals surface area contributed by atoms with E-state index in [0.717, 1.165) is 22.6 Å². The maximum absolute atomic E-state index is 5.76. The van der Waals surface area contributed by atoms with Gasteiger partial charge in [-0.05, 0) is 36.8 Å². The zero-order valence-corrected chi connectivity index (χ0v) is 11.0. The van der Waals surface area contributed by atoms with E-state index in [-0.39, 0.29) is 12.4 Å². The smallest absolute Gasteiger partial charge is 0.129 e. The van der Waals surface area contributed by atoms with Crippen LogP contribution in [0.15, 0.2) is 42.5 Å². The van der Waals surface area contributed by atoms with Gasteiger partial charge in [0.15, 0.2) is 0 Å². The van der Waals surface area contributed by atoms with Gasteiger partial charge in [0.1, 0.15) is 5.75 Å². The summed E-state index contributed by atoms with van der Waals surface area (Å²) in [4.78, 5) is 0. The summed E-state index contributed by atoms with van der Waals surface area (Å²) in [7, 11) is 0. The second kappa shape index (κ2) is 6.17. The van der Waals surface area contributed by atoms with E-state index in [1.165, 1.54) is 0 Å². The molecule has 18 heavy (non-hydrogen) atoms. The summed E-state index contributed by atoms with van der Waals surface area (Å²) in [6, 6.07) is 13.4. The number of rotatable bonds is 3. The van der Waals surface area contributed by atoms with Gasteiger partial charge in [0, 0.05) is 23.0 Å². The fourth-order valence-corrected chi connectivity index (χ4v) is 1.72. The molecule has 4 heteroatoms. The molecule has 0 saturated carbocycles. The monoisotopic (exact) mass is 264 g/mol. The predicted molar refractivity (Wildman–Crippen MR) is 79.1 cm³/mol. The van der Waals surface area contributed by atoms with E-state index < -0.39 is 0 Å². The molecule has 0 aliphatic rings. The standard InChI is InChI=1S/C14H16N2O.ClH/c1-2-17-14-9-12(16)7-8-13(14)10-3-5-11(15)6-4-10;/h3-9H,2,15-16H2,1H3;1H. The van der Waals surface area contributed by atoms with Crippen molar-refractivity contribution in [3.8, 4) is 16.9 Å². The molecular formula is C14H17ClN2O. The van der Waals surface area contributed by atoms with Crippen molar-refractivity contribution in [1.82, 2.24) is 0 Å². The molecule has 3 nitrogen and oxygen atoms in total. The third-order valence-corrected chi connectivity index (χ3v) is 2.53. The quantitative estimate of drug-likeness (QED) is 0.836. The molecule has 0 aliphatic carbocycles. The summed E-state index contributed by atoms with van der Waals surface area (Å²) in [6.07, 6.45) is 0. The topological polar surface area (TPSA) is 61.3 Å². The highest BCUT2D eigenvalue weighted by Crippen LogP contribution is 2.32. The van der Waals surface area contributed by atoms with Crippen molar-refractivity contribution in [3.63, 3.8) is 0 Å². The van der Waals surface area contributed by atoms with Gasteiger partial charge in [-0.3, -0.25) is 0 Å². The van der Waals surface area contributed by atoms with Gasteiger partial charge in [0.2, 0.25) is 0 Å². The van der Waals surface area contributed by atoms with Gasteiger partial charge < -0.3 is 16.2 Å². The summed E-state index contributed by atoms with van der Waals surface area (Å²) in [5.41, 5.74) is 15.0. The third kappa shape index (κ3) is 3.08. The van der Waals surface area contributed by atoms with Crippen LogP contribution in [-0.4, -0.2) is 6.61 Å². The number of ether oxygens (including phenoxy) is 1. The maximum atomic E-state index is 5.76. The molecule has 0 heterocycles. The highest BCUT2D eigenvalue weighted by molar-refractivity contribution is 5.85. The summed E-state index contributed by atoms with van der Waals surface area (Å²) in [6.45, 7) is 2.57. The number of nitrogen functional groups attached to an aromatic ring is 2. The zero-order valence-electron chi connectivity index (χ0n) is 10.2. The van der Waals surface area contributed by atoms with E-state index in [9.17, 15) is 0 Å². The first-order valence-electron chi connectivity index (χ1n) is 5.59. The van der Waals surface area contributed by atoms with Crippen molar-refractivity contribution < 1.29 is 4.74 Å². The Hall–Kier alpha value is -1.87. The van der Waals surface area contributed by atoms with E-state index in [4.69, 9.17) is 16.2 Å². The van der Waals surface area contributed by atoms with Gasteiger partial charge in [-0.25, -0.2) is 0 Å². The molecule has 0 bridgehead atoms. The van der Waals surface area contributed by atoms with E-state index in [0.29, 0.717) is 12.3 Å². The molecule has 0 unspecified atom stereocenters. The minimum Gasteiger partial charge on any atom is -0.493 e. The van der Waals surface area contributed by atoms with Gasteiger partial charge in [0.05, 0.1) is 6.61 Å². The number of benzene rings is 2. The van der Waals surface area contributed by atoms with Gasteiger partial charge in [-0.2, -0.15) is 0 Å². The largest absolute Gasteiger partial charge is 0.493 e. The number of halogens is 1. The molecule has 2 aromatic rings. The molecule has 0 spiro atoms. The van der Waals surface area contributed by atoms with Crippen LogP contribution in [0, 0.1) is 0 Å². The Balaban J connectivity index is 0.00000162. The Kier molecular flexibility index (Phi) is 4.86. The summed E-state index contributed by atoms with van der Waals surface area (Å²) < 4.78 is 5.59. The number of anilines is 2. The highest BCUT2D eigenvalue weighted by atomic mass is 35.5. The fraction of sp³-hybridized carbons (Fsp3) is 0.143. The molecule has 0 atom stereocenters. The van der Waals surface area contributed by atoms with Gasteiger partial charge >= 0.3 is 0 Å². The molecule has 0 aromatic heterocycles. The van der Waals surface area contributed by atoms with Crippen molar-refractivity contribution >= 4 is 23.8 Å². The lowest BCUT2D eigenvalue weighted by molar-refractivity contribution is 0.342. The van der Waals surface area contributed by atoms with Crippen LogP contribution in [0.25, 0.3) is 11.1 Å². The minimum absolute atomic E-state index is 0. The van der Waals surface area contributed by atoms with Crippen LogP contribution < -0.4 is 16.2 Å². The summed E-state index contributed by atoms with van der Waals surface area (Å²) >= 11 is 0. The molecule has 0 fully saturated rings. The lowest BCUT2D eigenvalue weighted by Crippen LogP contribution is -1.96. The number of nitrogens with two attached hydrogens (primary N) is 2. The Labute approximate surface area is 113 Å². The Morgan fingerprint density at radius 3 is 2.17 bits per heavy atom. The van der Waals surface area contributed by atoms with Crippen LogP contribution in [0.1, 0.15) is 6.92 Å². The van der Waals surface area contributed by atoms with Crippen LogP contribution >= 0.6 is 12.4 Å². The highest BCUT2D eigenvalue weighted by Gasteiger charge is 2.06. The lowest BCUT2D eigenvalue weighted by atomic mass is 10.0. The van der Waals surface area contributed by atoms with Crippen molar-refractivity contribution in [2.24, 2.45) is 0 Å².